The van der Waals surface area contributed by atoms with Crippen molar-refractivity contribution in [1.82, 2.24) is 20.4 Å². The van der Waals surface area contributed by atoms with Crippen LogP contribution in [0.1, 0.15) is 50.5 Å². The number of carbonyl (C=O) groups excluding carboxylic acids is 2. The summed E-state index contributed by atoms with van der Waals surface area (Å²) in [7, 11) is 0. The van der Waals surface area contributed by atoms with Crippen LogP contribution in [0.25, 0.3) is 0 Å². The fraction of sp³-hybridized carbons (Fsp3) is 0.654. The Bertz CT molecular complexity index is 955. The zero-order chi connectivity index (χ0) is 25.5. The summed E-state index contributed by atoms with van der Waals surface area (Å²) >= 11 is 0. The molecule has 2 saturated heterocycles. The van der Waals surface area contributed by atoms with Crippen molar-refractivity contribution in [2.24, 2.45) is 5.92 Å². The summed E-state index contributed by atoms with van der Waals surface area (Å²) in [5.41, 5.74) is -1.24. The Kier molecular flexibility index (Phi) is 8.75. The zero-order valence-corrected chi connectivity index (χ0v) is 20.6. The Morgan fingerprint density at radius 3 is 2.50 bits per heavy atom. The number of nitriles is 1. The van der Waals surface area contributed by atoms with E-state index in [0.29, 0.717) is 51.6 Å². The second-order valence-electron chi connectivity index (χ2n) is 10.2. The third kappa shape index (κ3) is 6.51. The lowest BCUT2D eigenvalue weighted by molar-refractivity contribution is -0.124. The maximum absolute atomic E-state index is 14.1. The summed E-state index contributed by atoms with van der Waals surface area (Å²) in [6, 6.07) is 4.90. The highest BCUT2D eigenvalue weighted by Gasteiger charge is 2.42. The molecule has 36 heavy (non-hydrogen) atoms. The van der Waals surface area contributed by atoms with Crippen LogP contribution in [-0.2, 0) is 16.1 Å². The lowest BCUT2D eigenvalue weighted by Crippen LogP contribution is -2.58. The first-order chi connectivity index (χ1) is 17.4. The fourth-order valence-electron chi connectivity index (χ4n) is 5.47. The predicted molar refractivity (Wildman–Crippen MR) is 129 cm³/mol. The van der Waals surface area contributed by atoms with E-state index in [9.17, 15) is 23.6 Å². The molecule has 0 radical (unpaired) electrons. The molecule has 2 N–H and O–H groups in total. The molecule has 1 aromatic carbocycles. The number of benzene rings is 1. The monoisotopic (exact) mass is 503 g/mol. The smallest absolute Gasteiger partial charge is 0.318 e. The number of nitrogens with one attached hydrogen (secondary N) is 2. The molecule has 1 aromatic rings. The number of ether oxygens (including phenoxy) is 1. The first kappa shape index (κ1) is 26.3. The molecule has 0 aromatic heterocycles. The van der Waals surface area contributed by atoms with E-state index in [1.807, 2.05) is 0 Å². The summed E-state index contributed by atoms with van der Waals surface area (Å²) in [5, 5.41) is 15.8. The first-order valence-electron chi connectivity index (χ1n) is 12.9. The molecule has 0 spiro atoms. The van der Waals surface area contributed by atoms with Crippen molar-refractivity contribution in [2.45, 2.75) is 63.1 Å². The van der Waals surface area contributed by atoms with Crippen molar-refractivity contribution in [1.29, 1.82) is 5.26 Å². The van der Waals surface area contributed by atoms with Gasteiger partial charge >= 0.3 is 6.03 Å². The normalized spacial score (nSPS) is 24.2. The SMILES string of the molecule is N#CC1(NC(=O)C(CC2CCCCC2)NC(=O)N2CCOCC2)CCN(Cc2c(F)cccc2F)C1. The summed E-state index contributed by atoms with van der Waals surface area (Å²) in [6.07, 6.45) is 6.29. The number of carbonyl (C=O) groups is 2. The molecule has 196 valence electrons. The molecule has 2 heterocycles. The average Bonchev–Trinajstić information content (AvgIpc) is 3.30. The number of amides is 3. The van der Waals surface area contributed by atoms with Gasteiger partial charge in [0.05, 0.1) is 19.3 Å². The molecular weight excluding hydrogens is 468 g/mol. The maximum atomic E-state index is 14.1. The molecule has 4 rings (SSSR count). The summed E-state index contributed by atoms with van der Waals surface area (Å²) in [6.45, 7) is 2.43. The van der Waals surface area contributed by atoms with Gasteiger partial charge in [-0.2, -0.15) is 5.26 Å². The number of morpholine rings is 1. The summed E-state index contributed by atoms with van der Waals surface area (Å²) in [5.74, 6) is -1.32. The van der Waals surface area contributed by atoms with Gasteiger partial charge in [-0.1, -0.05) is 38.2 Å². The van der Waals surface area contributed by atoms with Gasteiger partial charge in [-0.25, -0.2) is 13.6 Å². The number of nitrogens with zero attached hydrogens (tertiary/aromatic N) is 3. The van der Waals surface area contributed by atoms with E-state index < -0.39 is 23.2 Å². The number of likely N-dealkylation sites (tertiary alicyclic amines) is 1. The third-order valence-corrected chi connectivity index (χ3v) is 7.57. The third-order valence-electron chi connectivity index (χ3n) is 7.57. The Balaban J connectivity index is 1.42. The van der Waals surface area contributed by atoms with Crippen molar-refractivity contribution >= 4 is 11.9 Å². The lowest BCUT2D eigenvalue weighted by atomic mass is 9.84. The van der Waals surface area contributed by atoms with Gasteiger partial charge in [-0.15, -0.1) is 0 Å². The first-order valence-corrected chi connectivity index (χ1v) is 12.9. The van der Waals surface area contributed by atoms with E-state index in [-0.39, 0.29) is 30.6 Å². The van der Waals surface area contributed by atoms with Gasteiger partial charge in [0.25, 0.3) is 0 Å². The summed E-state index contributed by atoms with van der Waals surface area (Å²) in [4.78, 5) is 29.8. The van der Waals surface area contributed by atoms with Crippen LogP contribution >= 0.6 is 0 Å². The van der Waals surface area contributed by atoms with Gasteiger partial charge in [-0.05, 0) is 30.9 Å². The highest BCUT2D eigenvalue weighted by molar-refractivity contribution is 5.88. The Hall–Kier alpha value is -2.77. The van der Waals surface area contributed by atoms with E-state index in [1.54, 1.807) is 9.80 Å². The second kappa shape index (κ2) is 12.0. The summed E-state index contributed by atoms with van der Waals surface area (Å²) < 4.78 is 33.6. The number of urea groups is 1. The number of halogens is 2. The lowest BCUT2D eigenvalue weighted by Gasteiger charge is -2.32. The molecule has 3 amide bonds. The second-order valence-corrected chi connectivity index (χ2v) is 10.2. The molecule has 8 nitrogen and oxygen atoms in total. The molecule has 0 bridgehead atoms. The van der Waals surface area contributed by atoms with E-state index in [4.69, 9.17) is 4.74 Å². The maximum Gasteiger partial charge on any atom is 0.318 e. The molecule has 3 aliphatic rings. The topological polar surface area (TPSA) is 97.7 Å². The van der Waals surface area contributed by atoms with E-state index in [1.165, 1.54) is 24.6 Å². The van der Waals surface area contributed by atoms with Crippen LogP contribution < -0.4 is 10.6 Å². The molecule has 1 saturated carbocycles. The standard InChI is InChI=1S/C26H35F2N5O3/c27-21-7-4-8-22(28)20(21)16-32-10-9-26(17-29,18-32)31-24(34)23(15-19-5-2-1-3-6-19)30-25(35)33-11-13-36-14-12-33/h4,7-8,19,23H,1-3,5-6,9-16,18H2,(H,30,35)(H,31,34). The molecule has 2 unspecified atom stereocenters. The van der Waals surface area contributed by atoms with Gasteiger partial charge in [0.2, 0.25) is 5.91 Å². The van der Waals surface area contributed by atoms with Gasteiger partial charge in [0, 0.05) is 38.3 Å². The van der Waals surface area contributed by atoms with Gasteiger partial charge in [-0.3, -0.25) is 9.69 Å². The van der Waals surface area contributed by atoms with Crippen LogP contribution in [-0.4, -0.2) is 72.7 Å². The van der Waals surface area contributed by atoms with Crippen molar-refractivity contribution < 1.29 is 23.1 Å². The van der Waals surface area contributed by atoms with Gasteiger partial charge < -0.3 is 20.3 Å². The molecule has 1 aliphatic carbocycles. The molecule has 3 fully saturated rings. The van der Waals surface area contributed by atoms with Crippen molar-refractivity contribution in [2.75, 3.05) is 39.4 Å². The van der Waals surface area contributed by atoms with Crippen molar-refractivity contribution in [3.05, 3.63) is 35.4 Å². The molecule has 2 atom stereocenters. The van der Waals surface area contributed by atoms with E-state index in [0.717, 1.165) is 25.7 Å². The molecule has 10 heteroatoms. The zero-order valence-electron chi connectivity index (χ0n) is 20.6. The highest BCUT2D eigenvalue weighted by atomic mass is 19.1. The molecule has 2 aliphatic heterocycles. The van der Waals surface area contributed by atoms with Crippen LogP contribution in [0.2, 0.25) is 0 Å². The Morgan fingerprint density at radius 2 is 1.83 bits per heavy atom. The van der Waals surface area contributed by atoms with Crippen LogP contribution in [0.5, 0.6) is 0 Å². The van der Waals surface area contributed by atoms with Crippen LogP contribution in [0.15, 0.2) is 18.2 Å². The minimum atomic E-state index is -1.19. The van der Waals surface area contributed by atoms with E-state index >= 15 is 0 Å². The van der Waals surface area contributed by atoms with Gasteiger partial charge in [0.15, 0.2) is 0 Å². The molecular formula is C26H35F2N5O3. The minimum Gasteiger partial charge on any atom is -0.378 e. The van der Waals surface area contributed by atoms with Crippen LogP contribution in [0.3, 0.4) is 0 Å². The highest BCUT2D eigenvalue weighted by Crippen LogP contribution is 2.29. The Morgan fingerprint density at radius 1 is 1.14 bits per heavy atom. The largest absolute Gasteiger partial charge is 0.378 e. The van der Waals surface area contributed by atoms with E-state index in [2.05, 4.69) is 16.7 Å². The predicted octanol–water partition coefficient (Wildman–Crippen LogP) is 2.93. The minimum absolute atomic E-state index is 0.0110. The van der Waals surface area contributed by atoms with Gasteiger partial charge in [0.1, 0.15) is 23.2 Å². The van der Waals surface area contributed by atoms with Crippen LogP contribution in [0, 0.1) is 28.9 Å². The number of hydrogen-bond acceptors (Lipinski definition) is 5. The van der Waals surface area contributed by atoms with Crippen molar-refractivity contribution in [3.8, 4) is 6.07 Å². The van der Waals surface area contributed by atoms with Crippen LogP contribution in [0.4, 0.5) is 13.6 Å². The Labute approximate surface area is 210 Å². The average molecular weight is 504 g/mol. The quantitative estimate of drug-likeness (QED) is 0.596. The number of hydrogen-bond donors (Lipinski definition) is 2. The number of rotatable bonds is 7. The fourth-order valence-corrected chi connectivity index (χ4v) is 5.47. The van der Waals surface area contributed by atoms with Crippen molar-refractivity contribution in [3.63, 3.8) is 0 Å².